The van der Waals surface area contributed by atoms with Gasteiger partial charge < -0.3 is 19.6 Å². The molecule has 0 fully saturated rings. The molecule has 1 unspecified atom stereocenters. The largest absolute Gasteiger partial charge is 0.441 e. The second-order valence-electron chi connectivity index (χ2n) is 4.62. The number of nitrogens with zero attached hydrogens (tertiary/aromatic N) is 2. The Morgan fingerprint density at radius 3 is 2.73 bits per heavy atom. The molecule has 1 atom stereocenters. The van der Waals surface area contributed by atoms with Crippen molar-refractivity contribution in [3.05, 3.63) is 53.7 Å². The van der Waals surface area contributed by atoms with Crippen molar-refractivity contribution in [1.29, 1.82) is 5.26 Å². The summed E-state index contributed by atoms with van der Waals surface area (Å²) < 4.78 is 10.6. The van der Waals surface area contributed by atoms with Crippen LogP contribution in [0, 0.1) is 11.3 Å². The summed E-state index contributed by atoms with van der Waals surface area (Å²) in [7, 11) is 1.42. The maximum absolute atomic E-state index is 9.84. The number of aromatic nitrogens is 2. The molecule has 0 aliphatic heterocycles. The molecule has 2 heterocycles. The van der Waals surface area contributed by atoms with Crippen LogP contribution in [0.2, 0.25) is 0 Å². The quantitative estimate of drug-likeness (QED) is 0.722. The minimum atomic E-state index is -1.04. The highest BCUT2D eigenvalue weighted by molar-refractivity contribution is 5.80. The highest BCUT2D eigenvalue weighted by Gasteiger charge is 2.14. The van der Waals surface area contributed by atoms with Crippen molar-refractivity contribution in [3.63, 3.8) is 0 Å². The molecule has 1 aromatic carbocycles. The number of hydrogen-bond acceptors (Lipinski definition) is 5. The summed E-state index contributed by atoms with van der Waals surface area (Å²) in [6.07, 6.45) is 0.561. The molecule has 2 aromatic heterocycles. The number of fused-ring (bicyclic) bond motifs is 1. The number of rotatable bonds is 4. The molecule has 6 nitrogen and oxygen atoms in total. The number of nitriles is 1. The summed E-state index contributed by atoms with van der Waals surface area (Å²) in [6.45, 7) is 0. The average molecular weight is 295 g/mol. The Kier molecular flexibility index (Phi) is 3.74. The third-order valence-corrected chi connectivity index (χ3v) is 3.23. The van der Waals surface area contributed by atoms with Gasteiger partial charge in [-0.3, -0.25) is 4.98 Å². The van der Waals surface area contributed by atoms with Crippen LogP contribution in [0.4, 0.5) is 0 Å². The van der Waals surface area contributed by atoms with E-state index in [4.69, 9.17) is 14.7 Å². The highest BCUT2D eigenvalue weighted by atomic mass is 16.6. The van der Waals surface area contributed by atoms with Gasteiger partial charge in [-0.05, 0) is 30.3 Å². The van der Waals surface area contributed by atoms with Gasteiger partial charge >= 0.3 is 0 Å². The van der Waals surface area contributed by atoms with E-state index in [0.717, 1.165) is 0 Å². The molecule has 0 bridgehead atoms. The number of methoxy groups -OCH3 is 1. The van der Waals surface area contributed by atoms with Crippen molar-refractivity contribution in [2.75, 3.05) is 7.11 Å². The monoisotopic (exact) mass is 295 g/mol. The van der Waals surface area contributed by atoms with E-state index in [1.165, 1.54) is 7.11 Å². The van der Waals surface area contributed by atoms with Gasteiger partial charge in [-0.2, -0.15) is 5.26 Å². The Morgan fingerprint density at radius 2 is 2.05 bits per heavy atom. The van der Waals surface area contributed by atoms with Crippen LogP contribution in [-0.4, -0.2) is 22.2 Å². The molecule has 0 aliphatic rings. The lowest BCUT2D eigenvalue weighted by Gasteiger charge is -2.09. The Bertz CT molecular complexity index is 834. The van der Waals surface area contributed by atoms with Crippen LogP contribution in [-0.2, 0) is 4.74 Å². The van der Waals surface area contributed by atoms with E-state index in [1.54, 1.807) is 42.6 Å². The minimum Gasteiger partial charge on any atom is -0.441 e. The summed E-state index contributed by atoms with van der Waals surface area (Å²) >= 11 is 0. The first-order valence-electron chi connectivity index (χ1n) is 6.58. The van der Waals surface area contributed by atoms with Gasteiger partial charge in [-0.25, -0.2) is 0 Å². The predicted molar refractivity (Wildman–Crippen MR) is 79.3 cm³/mol. The predicted octanol–water partition coefficient (Wildman–Crippen LogP) is 2.86. The Morgan fingerprint density at radius 1 is 1.27 bits per heavy atom. The number of benzene rings is 1. The van der Waals surface area contributed by atoms with Crippen LogP contribution in [0.1, 0.15) is 17.4 Å². The van der Waals surface area contributed by atoms with Crippen LogP contribution in [0.5, 0.6) is 11.6 Å². The van der Waals surface area contributed by atoms with Crippen LogP contribution in [0.3, 0.4) is 0 Å². The fourth-order valence-electron chi connectivity index (χ4n) is 2.13. The van der Waals surface area contributed by atoms with Gasteiger partial charge in [0, 0.05) is 24.9 Å². The molecule has 3 aromatic rings. The maximum atomic E-state index is 9.84. The molecular weight excluding hydrogens is 282 g/mol. The third-order valence-electron chi connectivity index (χ3n) is 3.23. The van der Waals surface area contributed by atoms with E-state index in [9.17, 15) is 5.11 Å². The number of H-pyrrole nitrogens is 1. The second kappa shape index (κ2) is 5.85. The normalized spacial score (nSPS) is 12.0. The van der Waals surface area contributed by atoms with E-state index in [0.29, 0.717) is 33.8 Å². The molecule has 0 aliphatic carbocycles. The van der Waals surface area contributed by atoms with E-state index in [-0.39, 0.29) is 0 Å². The number of aliphatic hydroxyl groups is 1. The number of aliphatic hydroxyl groups excluding tert-OH is 1. The van der Waals surface area contributed by atoms with E-state index < -0.39 is 6.29 Å². The average Bonchev–Trinajstić information content (AvgIpc) is 2.97. The lowest BCUT2D eigenvalue weighted by Crippen LogP contribution is -2.00. The maximum Gasteiger partial charge on any atom is 0.200 e. The summed E-state index contributed by atoms with van der Waals surface area (Å²) in [5.74, 6) is 1.09. The van der Waals surface area contributed by atoms with Gasteiger partial charge in [0.25, 0.3) is 0 Å². The zero-order chi connectivity index (χ0) is 15.5. The van der Waals surface area contributed by atoms with Crippen LogP contribution >= 0.6 is 0 Å². The molecule has 3 rings (SSSR count). The molecule has 6 heteroatoms. The molecular formula is C16H13N3O3. The fraction of sp³-hybridized carbons (Fsp3) is 0.125. The lowest BCUT2D eigenvalue weighted by atomic mass is 10.2. The van der Waals surface area contributed by atoms with Gasteiger partial charge in [0.2, 0.25) is 0 Å². The molecule has 0 spiro atoms. The van der Waals surface area contributed by atoms with E-state index in [2.05, 4.69) is 16.0 Å². The Labute approximate surface area is 126 Å². The van der Waals surface area contributed by atoms with Gasteiger partial charge in [-0.15, -0.1) is 0 Å². The molecule has 0 saturated carbocycles. The van der Waals surface area contributed by atoms with Crippen molar-refractivity contribution in [3.8, 4) is 17.7 Å². The highest BCUT2D eigenvalue weighted by Crippen LogP contribution is 2.28. The lowest BCUT2D eigenvalue weighted by molar-refractivity contribution is -0.0760. The molecule has 2 N–H and O–H groups in total. The van der Waals surface area contributed by atoms with Crippen LogP contribution in [0.25, 0.3) is 11.0 Å². The molecule has 0 radical (unpaired) electrons. The first-order chi connectivity index (χ1) is 10.7. The smallest absolute Gasteiger partial charge is 0.200 e. The second-order valence-corrected chi connectivity index (χ2v) is 4.62. The van der Waals surface area contributed by atoms with Gasteiger partial charge in [0.05, 0.1) is 22.7 Å². The van der Waals surface area contributed by atoms with Crippen molar-refractivity contribution < 1.29 is 14.6 Å². The first-order valence-corrected chi connectivity index (χ1v) is 6.58. The van der Waals surface area contributed by atoms with Crippen molar-refractivity contribution in [1.82, 2.24) is 9.97 Å². The zero-order valence-electron chi connectivity index (χ0n) is 11.8. The summed E-state index contributed by atoms with van der Waals surface area (Å²) in [5, 5.41) is 18.6. The zero-order valence-corrected chi connectivity index (χ0v) is 11.8. The third kappa shape index (κ3) is 2.63. The summed E-state index contributed by atoms with van der Waals surface area (Å²) in [5.41, 5.74) is 2.47. The molecule has 0 amide bonds. The van der Waals surface area contributed by atoms with Crippen molar-refractivity contribution in [2.24, 2.45) is 0 Å². The minimum absolute atomic E-state index is 0.489. The van der Waals surface area contributed by atoms with Crippen LogP contribution < -0.4 is 4.74 Å². The van der Waals surface area contributed by atoms with E-state index >= 15 is 0 Å². The van der Waals surface area contributed by atoms with Crippen molar-refractivity contribution >= 4 is 11.0 Å². The number of ether oxygens (including phenoxy) is 2. The van der Waals surface area contributed by atoms with Crippen LogP contribution in [0.15, 0.2) is 42.6 Å². The van der Waals surface area contributed by atoms with Crippen molar-refractivity contribution in [2.45, 2.75) is 6.29 Å². The topological polar surface area (TPSA) is 91.2 Å². The molecule has 0 saturated heterocycles. The Balaban J connectivity index is 1.93. The molecule has 110 valence electrons. The van der Waals surface area contributed by atoms with Gasteiger partial charge in [0.15, 0.2) is 12.2 Å². The summed E-state index contributed by atoms with van der Waals surface area (Å²) in [6, 6.07) is 12.2. The number of hydrogen-bond donors (Lipinski definition) is 2. The number of pyridine rings is 1. The SMILES string of the molecule is COC(O)c1ccnc2cc(Oc3ccc(C#N)cc3)[nH]c12. The summed E-state index contributed by atoms with van der Waals surface area (Å²) in [4.78, 5) is 7.29. The Hall–Kier alpha value is -2.88. The standard InChI is InChI=1S/C16H13N3O3/c1-21-16(20)12-6-7-18-13-8-14(19-15(12)13)22-11-4-2-10(9-17)3-5-11/h2-8,16,19-20H,1H3. The fourth-order valence-corrected chi connectivity index (χ4v) is 2.13. The molecule has 22 heavy (non-hydrogen) atoms. The van der Waals surface area contributed by atoms with Gasteiger partial charge in [-0.1, -0.05) is 0 Å². The number of nitrogens with one attached hydrogen (secondary N) is 1. The number of aromatic amines is 1. The first kappa shape index (κ1) is 14.1. The van der Waals surface area contributed by atoms with E-state index in [1.807, 2.05) is 0 Å². The van der Waals surface area contributed by atoms with Gasteiger partial charge in [0.1, 0.15) is 5.75 Å².